The van der Waals surface area contributed by atoms with Crippen molar-refractivity contribution in [1.82, 2.24) is 4.98 Å². The van der Waals surface area contributed by atoms with Gasteiger partial charge in [0.2, 0.25) is 5.82 Å². The number of nitro groups is 1. The van der Waals surface area contributed by atoms with Crippen molar-refractivity contribution >= 4 is 11.5 Å². The number of rotatable bonds is 1. The van der Waals surface area contributed by atoms with Crippen LogP contribution in [0.1, 0.15) is 11.3 Å². The lowest BCUT2D eigenvalue weighted by molar-refractivity contribution is -0.384. The molecule has 1 heterocycles. The van der Waals surface area contributed by atoms with Crippen LogP contribution in [0.4, 0.5) is 11.5 Å². The van der Waals surface area contributed by atoms with Gasteiger partial charge in [-0.05, 0) is 19.4 Å². The first-order chi connectivity index (χ1) is 5.52. The molecule has 0 amide bonds. The quantitative estimate of drug-likeness (QED) is 0.503. The van der Waals surface area contributed by atoms with Crippen LogP contribution in [-0.4, -0.2) is 9.91 Å². The van der Waals surface area contributed by atoms with Crippen LogP contribution >= 0.6 is 0 Å². The first-order valence-electron chi connectivity index (χ1n) is 3.40. The number of aryl methyl sites for hydroxylation is 2. The number of hydrogen-bond donors (Lipinski definition) is 1. The number of nitrogens with two attached hydrogens (primary N) is 1. The van der Waals surface area contributed by atoms with Gasteiger partial charge >= 0.3 is 5.69 Å². The molecule has 0 fully saturated rings. The third-order valence-corrected chi connectivity index (χ3v) is 1.67. The van der Waals surface area contributed by atoms with Gasteiger partial charge in [0.25, 0.3) is 0 Å². The Morgan fingerprint density at radius 1 is 1.58 bits per heavy atom. The minimum Gasteiger partial charge on any atom is -0.378 e. The van der Waals surface area contributed by atoms with E-state index in [0.29, 0.717) is 0 Å². The highest BCUT2D eigenvalue weighted by atomic mass is 16.6. The molecule has 0 bridgehead atoms. The van der Waals surface area contributed by atoms with E-state index in [4.69, 9.17) is 5.73 Å². The fraction of sp³-hybridized carbons (Fsp3) is 0.286. The number of nitrogens with zero attached hydrogens (tertiary/aromatic N) is 2. The van der Waals surface area contributed by atoms with E-state index >= 15 is 0 Å². The normalized spacial score (nSPS) is 9.83. The number of nitrogen functional groups attached to an aromatic ring is 1. The Hall–Kier alpha value is -1.65. The van der Waals surface area contributed by atoms with Crippen molar-refractivity contribution in [2.75, 3.05) is 5.73 Å². The van der Waals surface area contributed by atoms with E-state index in [2.05, 4.69) is 4.98 Å². The monoisotopic (exact) mass is 167 g/mol. The molecule has 0 aliphatic heterocycles. The third-order valence-electron chi connectivity index (χ3n) is 1.67. The maximum absolute atomic E-state index is 10.4. The Morgan fingerprint density at radius 2 is 2.17 bits per heavy atom. The summed E-state index contributed by atoms with van der Waals surface area (Å²) in [6.07, 6.45) is 0. The van der Waals surface area contributed by atoms with E-state index in [0.717, 1.165) is 11.3 Å². The maximum atomic E-state index is 10.4. The first-order valence-corrected chi connectivity index (χ1v) is 3.40. The number of anilines is 1. The van der Waals surface area contributed by atoms with Gasteiger partial charge in [-0.15, -0.1) is 0 Å². The standard InChI is InChI=1S/C7H9N3O2/c1-4-3-6(10(11)12)7(8)9-5(4)2/h3H,1-2H3,(H2,8,9). The van der Waals surface area contributed by atoms with Gasteiger partial charge in [0.15, 0.2) is 0 Å². The summed E-state index contributed by atoms with van der Waals surface area (Å²) in [5, 5.41) is 10.4. The molecule has 1 aromatic heterocycles. The highest BCUT2D eigenvalue weighted by molar-refractivity contribution is 5.54. The van der Waals surface area contributed by atoms with E-state index in [1.807, 2.05) is 0 Å². The lowest BCUT2D eigenvalue weighted by atomic mass is 10.2. The van der Waals surface area contributed by atoms with E-state index in [-0.39, 0.29) is 11.5 Å². The molecule has 1 rings (SSSR count). The number of aromatic nitrogens is 1. The molecule has 12 heavy (non-hydrogen) atoms. The van der Waals surface area contributed by atoms with Gasteiger partial charge < -0.3 is 5.73 Å². The van der Waals surface area contributed by atoms with Crippen molar-refractivity contribution in [2.45, 2.75) is 13.8 Å². The summed E-state index contributed by atoms with van der Waals surface area (Å²) in [4.78, 5) is 13.7. The van der Waals surface area contributed by atoms with Crippen molar-refractivity contribution in [3.63, 3.8) is 0 Å². The summed E-state index contributed by atoms with van der Waals surface area (Å²) < 4.78 is 0. The van der Waals surface area contributed by atoms with Crippen LogP contribution < -0.4 is 5.73 Å². The summed E-state index contributed by atoms with van der Waals surface area (Å²) in [5.74, 6) is -0.0249. The molecule has 0 saturated heterocycles. The largest absolute Gasteiger partial charge is 0.378 e. The van der Waals surface area contributed by atoms with E-state index in [9.17, 15) is 10.1 Å². The molecule has 64 valence electrons. The zero-order valence-corrected chi connectivity index (χ0v) is 6.87. The average Bonchev–Trinajstić information content (AvgIpc) is 1.96. The fourth-order valence-corrected chi connectivity index (χ4v) is 0.856. The second-order valence-electron chi connectivity index (χ2n) is 2.55. The Balaban J connectivity index is 3.33. The summed E-state index contributed by atoms with van der Waals surface area (Å²) in [5.41, 5.74) is 6.71. The summed E-state index contributed by atoms with van der Waals surface area (Å²) >= 11 is 0. The maximum Gasteiger partial charge on any atom is 0.311 e. The van der Waals surface area contributed by atoms with Gasteiger partial charge in [0, 0.05) is 11.8 Å². The van der Waals surface area contributed by atoms with Crippen molar-refractivity contribution in [2.24, 2.45) is 0 Å². The third kappa shape index (κ3) is 1.34. The number of pyridine rings is 1. The summed E-state index contributed by atoms with van der Waals surface area (Å²) in [6.45, 7) is 3.52. The molecule has 2 N–H and O–H groups in total. The Bertz CT molecular complexity index is 336. The van der Waals surface area contributed by atoms with Crippen LogP contribution in [0.2, 0.25) is 0 Å². The van der Waals surface area contributed by atoms with E-state index in [1.165, 1.54) is 6.07 Å². The number of hydrogen-bond acceptors (Lipinski definition) is 4. The highest BCUT2D eigenvalue weighted by Crippen LogP contribution is 2.21. The Labute approximate surface area is 69.4 Å². The lowest BCUT2D eigenvalue weighted by Gasteiger charge is -2.00. The molecule has 5 heteroatoms. The predicted octanol–water partition coefficient (Wildman–Crippen LogP) is 1.19. The molecular weight excluding hydrogens is 158 g/mol. The minimum atomic E-state index is -0.533. The van der Waals surface area contributed by atoms with Crippen molar-refractivity contribution < 1.29 is 4.92 Å². The predicted molar refractivity (Wildman–Crippen MR) is 44.8 cm³/mol. The van der Waals surface area contributed by atoms with Crippen LogP contribution in [0, 0.1) is 24.0 Å². The zero-order valence-electron chi connectivity index (χ0n) is 6.87. The van der Waals surface area contributed by atoms with Gasteiger partial charge in [0.1, 0.15) is 0 Å². The highest BCUT2D eigenvalue weighted by Gasteiger charge is 2.13. The second kappa shape index (κ2) is 2.77. The van der Waals surface area contributed by atoms with Crippen LogP contribution in [-0.2, 0) is 0 Å². The molecule has 0 saturated carbocycles. The van der Waals surface area contributed by atoms with Gasteiger partial charge in [-0.25, -0.2) is 4.98 Å². The van der Waals surface area contributed by atoms with E-state index in [1.54, 1.807) is 13.8 Å². The molecule has 1 aromatic rings. The van der Waals surface area contributed by atoms with E-state index < -0.39 is 4.92 Å². The van der Waals surface area contributed by atoms with Crippen molar-refractivity contribution in [1.29, 1.82) is 0 Å². The molecule has 0 atom stereocenters. The Kier molecular flexibility index (Phi) is 1.95. The zero-order chi connectivity index (χ0) is 9.30. The smallest absolute Gasteiger partial charge is 0.311 e. The first kappa shape index (κ1) is 8.45. The topological polar surface area (TPSA) is 82.0 Å². The molecule has 5 nitrogen and oxygen atoms in total. The molecule has 0 aromatic carbocycles. The van der Waals surface area contributed by atoms with Crippen LogP contribution in [0.15, 0.2) is 6.07 Å². The summed E-state index contributed by atoms with van der Waals surface area (Å²) in [7, 11) is 0. The molecule has 0 spiro atoms. The van der Waals surface area contributed by atoms with Crippen LogP contribution in [0.3, 0.4) is 0 Å². The van der Waals surface area contributed by atoms with Gasteiger partial charge in [-0.2, -0.15) is 0 Å². The van der Waals surface area contributed by atoms with Gasteiger partial charge in [-0.1, -0.05) is 0 Å². The van der Waals surface area contributed by atoms with Crippen molar-refractivity contribution in [3.05, 3.63) is 27.4 Å². The summed E-state index contributed by atoms with van der Waals surface area (Å²) in [6, 6.07) is 1.43. The fourth-order valence-electron chi connectivity index (χ4n) is 0.856. The molecule has 0 aliphatic rings. The molecule has 0 aliphatic carbocycles. The molecule has 0 radical (unpaired) electrons. The Morgan fingerprint density at radius 3 is 2.67 bits per heavy atom. The van der Waals surface area contributed by atoms with Gasteiger partial charge in [-0.3, -0.25) is 10.1 Å². The van der Waals surface area contributed by atoms with Crippen LogP contribution in [0.5, 0.6) is 0 Å². The lowest BCUT2D eigenvalue weighted by Crippen LogP contribution is -2.01. The minimum absolute atomic E-state index is 0.0249. The SMILES string of the molecule is Cc1cc([N+](=O)[O-])c(N)nc1C. The van der Waals surface area contributed by atoms with Crippen molar-refractivity contribution in [3.8, 4) is 0 Å². The second-order valence-corrected chi connectivity index (χ2v) is 2.55. The average molecular weight is 167 g/mol. The van der Waals surface area contributed by atoms with Crippen LogP contribution in [0.25, 0.3) is 0 Å². The van der Waals surface area contributed by atoms with Gasteiger partial charge in [0.05, 0.1) is 4.92 Å². The molecule has 0 unspecified atom stereocenters. The molecular formula is C7H9N3O2.